The third-order valence-electron chi connectivity index (χ3n) is 3.93. The molecule has 0 aliphatic carbocycles. The van der Waals surface area contributed by atoms with Crippen molar-refractivity contribution in [2.75, 3.05) is 26.2 Å². The van der Waals surface area contributed by atoms with E-state index in [1.807, 2.05) is 11.8 Å². The average Bonchev–Trinajstić information content (AvgIpc) is 2.96. The predicted octanol–water partition coefficient (Wildman–Crippen LogP) is 2.60. The summed E-state index contributed by atoms with van der Waals surface area (Å²) in [4.78, 5) is 1.95. The van der Waals surface area contributed by atoms with Crippen LogP contribution in [-0.2, 0) is 4.74 Å². The van der Waals surface area contributed by atoms with E-state index in [1.54, 1.807) is 0 Å². The number of halogens is 3. The van der Waals surface area contributed by atoms with E-state index in [2.05, 4.69) is 0 Å². The van der Waals surface area contributed by atoms with Gasteiger partial charge in [-0.3, -0.25) is 4.90 Å². The van der Waals surface area contributed by atoms with Crippen molar-refractivity contribution in [3.63, 3.8) is 0 Å². The van der Waals surface area contributed by atoms with Gasteiger partial charge in [-0.05, 0) is 25.5 Å². The molecule has 0 radical (unpaired) electrons. The van der Waals surface area contributed by atoms with Crippen LogP contribution in [0.5, 0.6) is 0 Å². The molecule has 0 aromatic heterocycles. The SMILES string of the molecule is CCN(CC1CCCO1)C(CN)c1cc(F)c(F)cc1F. The highest BCUT2D eigenvalue weighted by Gasteiger charge is 2.26. The van der Waals surface area contributed by atoms with Crippen molar-refractivity contribution in [3.8, 4) is 0 Å². The van der Waals surface area contributed by atoms with Crippen LogP contribution in [0.4, 0.5) is 13.2 Å². The number of nitrogens with two attached hydrogens (primary N) is 1. The van der Waals surface area contributed by atoms with Crippen molar-refractivity contribution < 1.29 is 17.9 Å². The van der Waals surface area contributed by atoms with Gasteiger partial charge in [-0.1, -0.05) is 6.92 Å². The molecule has 0 spiro atoms. The smallest absolute Gasteiger partial charge is 0.161 e. The van der Waals surface area contributed by atoms with E-state index >= 15 is 0 Å². The number of rotatable bonds is 6. The Labute approximate surface area is 122 Å². The topological polar surface area (TPSA) is 38.5 Å². The standard InChI is InChI=1S/C15H21F3N2O/c1-2-20(9-10-4-3-5-21-10)15(8-19)11-6-13(17)14(18)7-12(11)16/h6-7,10,15H,2-5,8-9,19H2,1H3. The van der Waals surface area contributed by atoms with Crippen LogP contribution < -0.4 is 5.73 Å². The van der Waals surface area contributed by atoms with Crippen molar-refractivity contribution in [2.45, 2.75) is 31.9 Å². The molecule has 2 N–H and O–H groups in total. The summed E-state index contributed by atoms with van der Waals surface area (Å²) in [6.45, 7) is 4.02. The largest absolute Gasteiger partial charge is 0.377 e. The molecule has 0 bridgehead atoms. The molecule has 1 aromatic rings. The van der Waals surface area contributed by atoms with Gasteiger partial charge in [0.25, 0.3) is 0 Å². The normalized spacial score (nSPS) is 20.2. The van der Waals surface area contributed by atoms with Gasteiger partial charge in [-0.25, -0.2) is 13.2 Å². The van der Waals surface area contributed by atoms with E-state index in [0.717, 1.165) is 25.5 Å². The van der Waals surface area contributed by atoms with Gasteiger partial charge in [-0.2, -0.15) is 0 Å². The third kappa shape index (κ3) is 3.75. The Morgan fingerprint density at radius 2 is 2.00 bits per heavy atom. The van der Waals surface area contributed by atoms with Crippen LogP contribution >= 0.6 is 0 Å². The molecule has 1 heterocycles. The monoisotopic (exact) mass is 302 g/mol. The van der Waals surface area contributed by atoms with Crippen LogP contribution in [0.3, 0.4) is 0 Å². The predicted molar refractivity (Wildman–Crippen MR) is 74.3 cm³/mol. The fourth-order valence-corrected chi connectivity index (χ4v) is 2.79. The Kier molecular flexibility index (Phi) is 5.61. The van der Waals surface area contributed by atoms with Crippen LogP contribution in [-0.4, -0.2) is 37.2 Å². The number of likely N-dealkylation sites (N-methyl/N-ethyl adjacent to an activating group) is 1. The first kappa shape index (κ1) is 16.3. The minimum atomic E-state index is -1.19. The second-order valence-electron chi connectivity index (χ2n) is 5.26. The van der Waals surface area contributed by atoms with Crippen molar-refractivity contribution >= 4 is 0 Å². The molecule has 118 valence electrons. The molecule has 2 unspecified atom stereocenters. The molecular formula is C15H21F3N2O. The summed E-state index contributed by atoms with van der Waals surface area (Å²) in [5.41, 5.74) is 5.84. The molecule has 6 heteroatoms. The first-order valence-electron chi connectivity index (χ1n) is 7.27. The molecule has 0 saturated carbocycles. The van der Waals surface area contributed by atoms with Gasteiger partial charge in [0, 0.05) is 31.3 Å². The average molecular weight is 302 g/mol. The summed E-state index contributed by atoms with van der Waals surface area (Å²) in [6, 6.07) is 0.988. The van der Waals surface area contributed by atoms with Crippen molar-refractivity contribution in [2.24, 2.45) is 5.73 Å². The highest BCUT2D eigenvalue weighted by atomic mass is 19.2. The maximum atomic E-state index is 14.0. The number of nitrogens with zero attached hydrogens (tertiary/aromatic N) is 1. The van der Waals surface area contributed by atoms with Gasteiger partial charge < -0.3 is 10.5 Å². The van der Waals surface area contributed by atoms with E-state index in [1.165, 1.54) is 0 Å². The molecule has 3 nitrogen and oxygen atoms in total. The van der Waals surface area contributed by atoms with E-state index in [9.17, 15) is 13.2 Å². The van der Waals surface area contributed by atoms with E-state index < -0.39 is 23.5 Å². The summed E-state index contributed by atoms with van der Waals surface area (Å²) < 4.78 is 46.0. The molecule has 1 aliphatic heterocycles. The summed E-state index contributed by atoms with van der Waals surface area (Å²) in [5, 5.41) is 0. The highest BCUT2D eigenvalue weighted by molar-refractivity contribution is 5.24. The second-order valence-corrected chi connectivity index (χ2v) is 5.26. The van der Waals surface area contributed by atoms with Gasteiger partial charge in [-0.15, -0.1) is 0 Å². The minimum Gasteiger partial charge on any atom is -0.377 e. The third-order valence-corrected chi connectivity index (χ3v) is 3.93. The van der Waals surface area contributed by atoms with Gasteiger partial charge in [0.05, 0.1) is 12.1 Å². The van der Waals surface area contributed by atoms with Gasteiger partial charge in [0.2, 0.25) is 0 Å². The summed E-state index contributed by atoms with van der Waals surface area (Å²) in [5.74, 6) is -3.01. The summed E-state index contributed by atoms with van der Waals surface area (Å²) in [7, 11) is 0. The van der Waals surface area contributed by atoms with Crippen molar-refractivity contribution in [3.05, 3.63) is 35.1 Å². The minimum absolute atomic E-state index is 0.0901. The zero-order valence-corrected chi connectivity index (χ0v) is 12.1. The fraction of sp³-hybridized carbons (Fsp3) is 0.600. The van der Waals surface area contributed by atoms with E-state index in [4.69, 9.17) is 10.5 Å². The Morgan fingerprint density at radius 3 is 2.57 bits per heavy atom. The molecule has 2 atom stereocenters. The number of ether oxygens (including phenoxy) is 1. The number of hydrogen-bond acceptors (Lipinski definition) is 3. The lowest BCUT2D eigenvalue weighted by Crippen LogP contribution is -2.39. The summed E-state index contributed by atoms with van der Waals surface area (Å²) in [6.07, 6.45) is 2.05. The Bertz CT molecular complexity index is 478. The Hall–Kier alpha value is -1.11. The van der Waals surface area contributed by atoms with Crippen LogP contribution in [0, 0.1) is 17.5 Å². The van der Waals surface area contributed by atoms with Crippen LogP contribution in [0.2, 0.25) is 0 Å². The molecule has 0 amide bonds. The second kappa shape index (κ2) is 7.24. The van der Waals surface area contributed by atoms with Crippen molar-refractivity contribution in [1.29, 1.82) is 0 Å². The maximum absolute atomic E-state index is 14.0. The van der Waals surface area contributed by atoms with Gasteiger partial charge in [0.1, 0.15) is 5.82 Å². The van der Waals surface area contributed by atoms with E-state index in [0.29, 0.717) is 19.2 Å². The zero-order valence-electron chi connectivity index (χ0n) is 12.1. The Morgan fingerprint density at radius 1 is 1.29 bits per heavy atom. The molecule has 1 aliphatic rings. The number of benzene rings is 1. The number of hydrogen-bond donors (Lipinski definition) is 1. The maximum Gasteiger partial charge on any atom is 0.161 e. The first-order valence-corrected chi connectivity index (χ1v) is 7.27. The van der Waals surface area contributed by atoms with E-state index in [-0.39, 0.29) is 18.2 Å². The Balaban J connectivity index is 2.21. The van der Waals surface area contributed by atoms with Gasteiger partial charge in [0.15, 0.2) is 11.6 Å². The van der Waals surface area contributed by atoms with Crippen LogP contribution in [0.25, 0.3) is 0 Å². The van der Waals surface area contributed by atoms with Gasteiger partial charge >= 0.3 is 0 Å². The lowest BCUT2D eigenvalue weighted by atomic mass is 10.0. The van der Waals surface area contributed by atoms with Crippen molar-refractivity contribution in [1.82, 2.24) is 4.90 Å². The molecular weight excluding hydrogens is 281 g/mol. The van der Waals surface area contributed by atoms with Crippen LogP contribution in [0.15, 0.2) is 12.1 Å². The molecule has 1 aromatic carbocycles. The lowest BCUT2D eigenvalue weighted by Gasteiger charge is -2.32. The zero-order chi connectivity index (χ0) is 15.4. The summed E-state index contributed by atoms with van der Waals surface area (Å²) >= 11 is 0. The molecule has 21 heavy (non-hydrogen) atoms. The fourth-order valence-electron chi connectivity index (χ4n) is 2.79. The molecule has 2 rings (SSSR count). The van der Waals surface area contributed by atoms with Crippen LogP contribution in [0.1, 0.15) is 31.4 Å². The highest BCUT2D eigenvalue weighted by Crippen LogP contribution is 2.26. The lowest BCUT2D eigenvalue weighted by molar-refractivity contribution is 0.0594. The molecule has 1 saturated heterocycles. The first-order chi connectivity index (χ1) is 10.1. The molecule has 1 fully saturated rings. The quantitative estimate of drug-likeness (QED) is 0.821.